The molecule has 1 fully saturated rings. The van der Waals surface area contributed by atoms with E-state index in [2.05, 4.69) is 20.2 Å². The van der Waals surface area contributed by atoms with Gasteiger partial charge in [-0.15, -0.1) is 0 Å². The van der Waals surface area contributed by atoms with Crippen LogP contribution in [-0.4, -0.2) is 35.6 Å². The maximum absolute atomic E-state index is 11.4. The van der Waals surface area contributed by atoms with Gasteiger partial charge in [-0.05, 0) is 37.1 Å². The average Bonchev–Trinajstić information content (AvgIpc) is 2.81. The van der Waals surface area contributed by atoms with Crippen molar-refractivity contribution in [3.8, 4) is 0 Å². The van der Waals surface area contributed by atoms with Gasteiger partial charge in [0.05, 0.1) is 12.6 Å². The molecule has 26 heavy (non-hydrogen) atoms. The lowest BCUT2D eigenvalue weighted by Crippen LogP contribution is -2.32. The van der Waals surface area contributed by atoms with Gasteiger partial charge in [0.1, 0.15) is 5.82 Å². The van der Waals surface area contributed by atoms with Gasteiger partial charge in [0.15, 0.2) is 0 Å². The van der Waals surface area contributed by atoms with Crippen LogP contribution in [-0.2, 0) is 9.53 Å². The Morgan fingerprint density at radius 1 is 1.38 bits per heavy atom. The summed E-state index contributed by atoms with van der Waals surface area (Å²) in [7, 11) is 0. The lowest BCUT2D eigenvalue weighted by molar-refractivity contribution is -0.114. The van der Waals surface area contributed by atoms with E-state index in [1.54, 1.807) is 12.1 Å². The Kier molecular flexibility index (Phi) is 5.58. The normalized spacial score (nSPS) is 17.7. The predicted octanol–water partition coefficient (Wildman–Crippen LogP) is 2.95. The second-order valence-electron chi connectivity index (χ2n) is 6.28. The van der Waals surface area contributed by atoms with E-state index >= 15 is 0 Å². The van der Waals surface area contributed by atoms with Crippen LogP contribution >= 0.6 is 11.6 Å². The van der Waals surface area contributed by atoms with E-state index in [0.717, 1.165) is 30.0 Å². The SMILES string of the molecule is CC(=O)Nc1ccc(Cl)c([C@@H]2COCCCN2c2cc(C)nc(N)n2)c1. The molecule has 1 aliphatic heterocycles. The third-order valence-corrected chi connectivity index (χ3v) is 4.51. The van der Waals surface area contributed by atoms with Crippen molar-refractivity contribution in [2.75, 3.05) is 35.7 Å². The van der Waals surface area contributed by atoms with Gasteiger partial charge in [0.2, 0.25) is 11.9 Å². The van der Waals surface area contributed by atoms with Gasteiger partial charge < -0.3 is 20.7 Å². The molecule has 3 rings (SSSR count). The molecule has 0 bridgehead atoms. The first-order valence-electron chi connectivity index (χ1n) is 8.46. The van der Waals surface area contributed by atoms with Gasteiger partial charge in [-0.2, -0.15) is 4.98 Å². The lowest BCUT2D eigenvalue weighted by atomic mass is 10.0. The van der Waals surface area contributed by atoms with Crippen LogP contribution in [0.1, 0.15) is 30.6 Å². The van der Waals surface area contributed by atoms with Crippen LogP contribution in [0, 0.1) is 6.92 Å². The monoisotopic (exact) mass is 375 g/mol. The van der Waals surface area contributed by atoms with Crippen LogP contribution < -0.4 is 16.0 Å². The summed E-state index contributed by atoms with van der Waals surface area (Å²) in [6.07, 6.45) is 0.864. The van der Waals surface area contributed by atoms with Crippen molar-refractivity contribution in [1.29, 1.82) is 0 Å². The molecular weight excluding hydrogens is 354 g/mol. The number of nitrogens with one attached hydrogen (secondary N) is 1. The Morgan fingerprint density at radius 3 is 2.92 bits per heavy atom. The number of rotatable bonds is 3. The predicted molar refractivity (Wildman–Crippen MR) is 102 cm³/mol. The molecule has 1 aliphatic rings. The molecule has 1 atom stereocenters. The number of nitrogens with two attached hydrogens (primary N) is 1. The number of halogens is 1. The van der Waals surface area contributed by atoms with Crippen molar-refractivity contribution >= 4 is 35.0 Å². The highest BCUT2D eigenvalue weighted by molar-refractivity contribution is 6.31. The Bertz CT molecular complexity index is 794. The Labute approximate surface area is 157 Å². The maximum Gasteiger partial charge on any atom is 0.222 e. The lowest BCUT2D eigenvalue weighted by Gasteiger charge is -2.31. The summed E-state index contributed by atoms with van der Waals surface area (Å²) in [5, 5.41) is 3.41. The highest BCUT2D eigenvalue weighted by Gasteiger charge is 2.27. The Hall–Kier alpha value is -2.38. The minimum atomic E-state index is -0.146. The zero-order valence-electron chi connectivity index (χ0n) is 14.8. The molecule has 0 radical (unpaired) electrons. The minimum absolute atomic E-state index is 0.133. The number of hydrogen-bond donors (Lipinski definition) is 2. The van der Waals surface area contributed by atoms with E-state index in [4.69, 9.17) is 22.1 Å². The van der Waals surface area contributed by atoms with Gasteiger partial charge in [0.25, 0.3) is 0 Å². The van der Waals surface area contributed by atoms with Gasteiger partial charge in [-0.1, -0.05) is 11.6 Å². The molecule has 0 aliphatic carbocycles. The van der Waals surface area contributed by atoms with Crippen molar-refractivity contribution in [3.05, 3.63) is 40.5 Å². The standard InChI is InChI=1S/C18H22ClN5O2/c1-11-8-17(23-18(20)21-11)24-6-3-7-26-10-16(24)14-9-13(22-12(2)25)4-5-15(14)19/h4-5,8-9,16H,3,6-7,10H2,1-2H3,(H,22,25)(H2,20,21,23)/t16-/m0/s1. The van der Waals surface area contributed by atoms with Crippen LogP contribution in [0.15, 0.2) is 24.3 Å². The first kappa shape index (κ1) is 18.4. The molecule has 1 aromatic carbocycles. The minimum Gasteiger partial charge on any atom is -0.379 e. The number of aryl methyl sites for hydroxylation is 1. The molecule has 1 aromatic heterocycles. The molecule has 7 nitrogen and oxygen atoms in total. The first-order chi connectivity index (χ1) is 12.4. The van der Waals surface area contributed by atoms with Crippen LogP contribution in [0.3, 0.4) is 0 Å². The summed E-state index contributed by atoms with van der Waals surface area (Å²) < 4.78 is 5.79. The van der Waals surface area contributed by atoms with E-state index < -0.39 is 0 Å². The molecule has 1 saturated heterocycles. The number of nitrogens with zero attached hydrogens (tertiary/aromatic N) is 3. The largest absolute Gasteiger partial charge is 0.379 e. The van der Waals surface area contributed by atoms with Crippen molar-refractivity contribution in [3.63, 3.8) is 0 Å². The molecule has 8 heteroatoms. The summed E-state index contributed by atoms with van der Waals surface area (Å²) in [4.78, 5) is 22.1. The van der Waals surface area contributed by atoms with Crippen LogP contribution in [0.5, 0.6) is 0 Å². The fourth-order valence-corrected chi connectivity index (χ4v) is 3.35. The quantitative estimate of drug-likeness (QED) is 0.856. The van der Waals surface area contributed by atoms with E-state index in [-0.39, 0.29) is 17.9 Å². The number of nitrogen functional groups attached to an aromatic ring is 1. The first-order valence-corrected chi connectivity index (χ1v) is 8.84. The number of anilines is 3. The maximum atomic E-state index is 11.4. The molecule has 138 valence electrons. The number of amides is 1. The van der Waals surface area contributed by atoms with Gasteiger partial charge >= 0.3 is 0 Å². The fraction of sp³-hybridized carbons (Fsp3) is 0.389. The molecule has 2 heterocycles. The van der Waals surface area contributed by atoms with Crippen molar-refractivity contribution in [2.24, 2.45) is 0 Å². The van der Waals surface area contributed by atoms with Crippen LogP contribution in [0.2, 0.25) is 5.02 Å². The van der Waals surface area contributed by atoms with Crippen molar-refractivity contribution < 1.29 is 9.53 Å². The van der Waals surface area contributed by atoms with Crippen molar-refractivity contribution in [1.82, 2.24) is 9.97 Å². The zero-order valence-corrected chi connectivity index (χ0v) is 15.6. The molecule has 3 N–H and O–H groups in total. The van der Waals surface area contributed by atoms with Crippen LogP contribution in [0.4, 0.5) is 17.5 Å². The molecule has 0 unspecified atom stereocenters. The average molecular weight is 376 g/mol. The number of benzene rings is 1. The highest BCUT2D eigenvalue weighted by Crippen LogP contribution is 2.34. The second kappa shape index (κ2) is 7.88. The number of hydrogen-bond acceptors (Lipinski definition) is 6. The molecule has 2 aromatic rings. The van der Waals surface area contributed by atoms with E-state index in [0.29, 0.717) is 23.9 Å². The third-order valence-electron chi connectivity index (χ3n) is 4.17. The summed E-state index contributed by atoms with van der Waals surface area (Å²) >= 11 is 6.48. The van der Waals surface area contributed by atoms with Gasteiger partial charge in [-0.25, -0.2) is 4.98 Å². The van der Waals surface area contributed by atoms with Crippen LogP contribution in [0.25, 0.3) is 0 Å². The number of aromatic nitrogens is 2. The van der Waals surface area contributed by atoms with E-state index in [9.17, 15) is 4.79 Å². The fourth-order valence-electron chi connectivity index (χ4n) is 3.11. The zero-order chi connectivity index (χ0) is 18.7. The second-order valence-corrected chi connectivity index (χ2v) is 6.69. The van der Waals surface area contributed by atoms with Gasteiger partial charge in [-0.3, -0.25) is 4.79 Å². The molecule has 0 spiro atoms. The summed E-state index contributed by atoms with van der Waals surface area (Å²) in [6.45, 7) is 5.24. The third kappa shape index (κ3) is 4.23. The molecule has 0 saturated carbocycles. The van der Waals surface area contributed by atoms with Gasteiger partial charge in [0, 0.05) is 42.5 Å². The topological polar surface area (TPSA) is 93.4 Å². The van der Waals surface area contributed by atoms with Crippen molar-refractivity contribution in [2.45, 2.75) is 26.3 Å². The Morgan fingerprint density at radius 2 is 2.19 bits per heavy atom. The number of carbonyl (C=O) groups is 1. The summed E-state index contributed by atoms with van der Waals surface area (Å²) in [6, 6.07) is 7.20. The number of carbonyl (C=O) groups excluding carboxylic acids is 1. The highest BCUT2D eigenvalue weighted by atomic mass is 35.5. The summed E-state index contributed by atoms with van der Waals surface area (Å²) in [5.74, 6) is 0.847. The molecule has 1 amide bonds. The van der Waals surface area contributed by atoms with E-state index in [1.807, 2.05) is 19.1 Å². The summed E-state index contributed by atoms with van der Waals surface area (Å²) in [5.41, 5.74) is 8.21. The Balaban J connectivity index is 2.03. The molecular formula is C18H22ClN5O2. The van der Waals surface area contributed by atoms with E-state index in [1.165, 1.54) is 6.92 Å². The number of ether oxygens (including phenoxy) is 1. The smallest absolute Gasteiger partial charge is 0.222 e.